The first kappa shape index (κ1) is 14.6. The van der Waals surface area contributed by atoms with Crippen molar-refractivity contribution in [1.82, 2.24) is 4.90 Å². The summed E-state index contributed by atoms with van der Waals surface area (Å²) in [5, 5.41) is 11.5. The van der Waals surface area contributed by atoms with Crippen LogP contribution in [0.3, 0.4) is 0 Å². The van der Waals surface area contributed by atoms with Crippen LogP contribution in [0.2, 0.25) is 0 Å². The molecule has 20 heavy (non-hydrogen) atoms. The van der Waals surface area contributed by atoms with Crippen LogP contribution in [0, 0.1) is 5.82 Å². The summed E-state index contributed by atoms with van der Waals surface area (Å²) in [6.07, 6.45) is 3.72. The molecular formula is C14H20FN3O2. The minimum absolute atomic E-state index is 0.00800. The van der Waals surface area contributed by atoms with Crippen LogP contribution in [-0.4, -0.2) is 42.2 Å². The van der Waals surface area contributed by atoms with Gasteiger partial charge < -0.3 is 15.7 Å². The number of hydrogen-bond acceptors (Lipinski definition) is 4. The summed E-state index contributed by atoms with van der Waals surface area (Å²) < 4.78 is 19.3. The quantitative estimate of drug-likeness (QED) is 0.373. The molecule has 110 valence electrons. The van der Waals surface area contributed by atoms with Crippen LogP contribution in [0.4, 0.5) is 4.39 Å². The van der Waals surface area contributed by atoms with E-state index in [4.69, 9.17) is 15.7 Å². The van der Waals surface area contributed by atoms with E-state index in [1.807, 2.05) is 0 Å². The fourth-order valence-corrected chi connectivity index (χ4v) is 2.39. The molecule has 1 aliphatic rings. The highest BCUT2D eigenvalue weighted by molar-refractivity contribution is 5.99. The summed E-state index contributed by atoms with van der Waals surface area (Å²) in [4.78, 5) is 2.33. The second-order valence-corrected chi connectivity index (χ2v) is 4.85. The van der Waals surface area contributed by atoms with Crippen LogP contribution in [-0.2, 0) is 0 Å². The maximum atomic E-state index is 13.7. The number of oxime groups is 1. The smallest absolute Gasteiger partial charge is 0.176 e. The van der Waals surface area contributed by atoms with Gasteiger partial charge in [0.25, 0.3) is 0 Å². The van der Waals surface area contributed by atoms with Gasteiger partial charge in [0, 0.05) is 6.54 Å². The molecule has 1 fully saturated rings. The van der Waals surface area contributed by atoms with Gasteiger partial charge in [0.05, 0.1) is 5.56 Å². The molecule has 0 atom stereocenters. The Bertz CT molecular complexity index is 473. The summed E-state index contributed by atoms with van der Waals surface area (Å²) in [5.74, 6) is -0.538. The maximum Gasteiger partial charge on any atom is 0.176 e. The number of nitrogens with two attached hydrogens (primary N) is 1. The highest BCUT2D eigenvalue weighted by Gasteiger charge is 2.15. The molecule has 5 nitrogen and oxygen atoms in total. The number of piperidine rings is 1. The third-order valence-corrected chi connectivity index (χ3v) is 3.45. The SMILES string of the molecule is NC(=NO)c1c(F)cccc1OCCN1CCCCC1. The van der Waals surface area contributed by atoms with Crippen molar-refractivity contribution < 1.29 is 14.3 Å². The normalized spacial score (nSPS) is 17.1. The van der Waals surface area contributed by atoms with E-state index in [0.717, 1.165) is 19.6 Å². The summed E-state index contributed by atoms with van der Waals surface area (Å²) in [7, 11) is 0. The lowest BCUT2D eigenvalue weighted by molar-refractivity contribution is 0.183. The van der Waals surface area contributed by atoms with Gasteiger partial charge in [-0.3, -0.25) is 4.90 Å². The van der Waals surface area contributed by atoms with E-state index in [1.54, 1.807) is 12.1 Å². The Morgan fingerprint density at radius 2 is 2.10 bits per heavy atom. The maximum absolute atomic E-state index is 13.7. The summed E-state index contributed by atoms with van der Waals surface area (Å²) in [6.45, 7) is 3.42. The van der Waals surface area contributed by atoms with Crippen molar-refractivity contribution in [3.05, 3.63) is 29.6 Å². The molecule has 1 aromatic rings. The number of benzene rings is 1. The van der Waals surface area contributed by atoms with E-state index in [9.17, 15) is 4.39 Å². The first-order valence-electron chi connectivity index (χ1n) is 6.84. The van der Waals surface area contributed by atoms with Crippen LogP contribution in [0.15, 0.2) is 23.4 Å². The average Bonchev–Trinajstić information content (AvgIpc) is 2.48. The van der Waals surface area contributed by atoms with Gasteiger partial charge in [-0.2, -0.15) is 0 Å². The highest BCUT2D eigenvalue weighted by atomic mass is 19.1. The Kier molecular flexibility index (Phi) is 5.17. The lowest BCUT2D eigenvalue weighted by Crippen LogP contribution is -2.33. The van der Waals surface area contributed by atoms with Crippen molar-refractivity contribution in [2.24, 2.45) is 10.9 Å². The molecule has 0 bridgehead atoms. The molecule has 1 aromatic carbocycles. The monoisotopic (exact) mass is 281 g/mol. The highest BCUT2D eigenvalue weighted by Crippen LogP contribution is 2.21. The van der Waals surface area contributed by atoms with E-state index in [-0.39, 0.29) is 11.4 Å². The zero-order valence-corrected chi connectivity index (χ0v) is 11.4. The zero-order valence-electron chi connectivity index (χ0n) is 11.4. The minimum atomic E-state index is -0.559. The minimum Gasteiger partial charge on any atom is -0.491 e. The van der Waals surface area contributed by atoms with Gasteiger partial charge in [0.15, 0.2) is 5.84 Å². The largest absolute Gasteiger partial charge is 0.491 e. The van der Waals surface area contributed by atoms with Gasteiger partial charge in [-0.05, 0) is 38.1 Å². The van der Waals surface area contributed by atoms with Crippen LogP contribution < -0.4 is 10.5 Å². The summed E-state index contributed by atoms with van der Waals surface area (Å²) >= 11 is 0. The molecule has 0 unspecified atom stereocenters. The van der Waals surface area contributed by atoms with Crippen LogP contribution in [0.5, 0.6) is 5.75 Å². The van der Waals surface area contributed by atoms with Gasteiger partial charge in [0.1, 0.15) is 18.2 Å². The van der Waals surface area contributed by atoms with Crippen molar-refractivity contribution in [2.45, 2.75) is 19.3 Å². The van der Waals surface area contributed by atoms with E-state index < -0.39 is 5.82 Å². The third kappa shape index (κ3) is 3.60. The molecule has 0 radical (unpaired) electrons. The molecule has 0 saturated carbocycles. The second-order valence-electron chi connectivity index (χ2n) is 4.85. The molecule has 0 spiro atoms. The number of hydrogen-bond donors (Lipinski definition) is 2. The number of likely N-dealkylation sites (tertiary alicyclic amines) is 1. The van der Waals surface area contributed by atoms with Gasteiger partial charge in [-0.15, -0.1) is 0 Å². The predicted molar refractivity (Wildman–Crippen MR) is 74.7 cm³/mol. The molecule has 0 aromatic heterocycles. The molecule has 1 heterocycles. The van der Waals surface area contributed by atoms with E-state index in [2.05, 4.69) is 10.1 Å². The van der Waals surface area contributed by atoms with Crippen molar-refractivity contribution >= 4 is 5.84 Å². The van der Waals surface area contributed by atoms with Crippen LogP contribution in [0.1, 0.15) is 24.8 Å². The Balaban J connectivity index is 1.96. The van der Waals surface area contributed by atoms with Crippen molar-refractivity contribution in [3.63, 3.8) is 0 Å². The van der Waals surface area contributed by atoms with Crippen LogP contribution >= 0.6 is 0 Å². The zero-order chi connectivity index (χ0) is 14.4. The van der Waals surface area contributed by atoms with E-state index >= 15 is 0 Å². The van der Waals surface area contributed by atoms with Gasteiger partial charge in [-0.1, -0.05) is 17.6 Å². The molecule has 6 heteroatoms. The van der Waals surface area contributed by atoms with E-state index in [0.29, 0.717) is 12.4 Å². The Hall–Kier alpha value is -1.82. The number of nitrogens with zero attached hydrogens (tertiary/aromatic N) is 2. The first-order valence-corrected chi connectivity index (χ1v) is 6.84. The third-order valence-electron chi connectivity index (χ3n) is 3.45. The fourth-order valence-electron chi connectivity index (χ4n) is 2.39. The fraction of sp³-hybridized carbons (Fsp3) is 0.500. The Labute approximate surface area is 117 Å². The first-order chi connectivity index (χ1) is 9.72. The predicted octanol–water partition coefficient (Wildman–Crippen LogP) is 1.78. The summed E-state index contributed by atoms with van der Waals surface area (Å²) in [5.41, 5.74) is 5.49. The number of rotatable bonds is 5. The van der Waals surface area contributed by atoms with Crippen molar-refractivity contribution in [1.29, 1.82) is 0 Å². The topological polar surface area (TPSA) is 71.1 Å². The lowest BCUT2D eigenvalue weighted by atomic mass is 10.1. The van der Waals surface area contributed by atoms with Gasteiger partial charge in [-0.25, -0.2) is 4.39 Å². The molecular weight excluding hydrogens is 261 g/mol. The van der Waals surface area contributed by atoms with Crippen molar-refractivity contribution in [2.75, 3.05) is 26.2 Å². The molecule has 0 aliphatic carbocycles. The summed E-state index contributed by atoms with van der Waals surface area (Å²) in [6, 6.07) is 4.41. The number of halogens is 1. The lowest BCUT2D eigenvalue weighted by Gasteiger charge is -2.26. The number of ether oxygens (including phenoxy) is 1. The molecule has 1 saturated heterocycles. The standard InChI is InChI=1S/C14H20FN3O2/c15-11-5-4-6-12(13(11)14(16)17-19)20-10-9-18-7-2-1-3-8-18/h4-6,19H,1-3,7-10H2,(H2,16,17). The second kappa shape index (κ2) is 7.09. The number of amidine groups is 1. The molecule has 3 N–H and O–H groups in total. The van der Waals surface area contributed by atoms with Crippen molar-refractivity contribution in [3.8, 4) is 5.75 Å². The van der Waals surface area contributed by atoms with Gasteiger partial charge >= 0.3 is 0 Å². The molecule has 1 aliphatic heterocycles. The van der Waals surface area contributed by atoms with Crippen LogP contribution in [0.25, 0.3) is 0 Å². The Morgan fingerprint density at radius 3 is 2.80 bits per heavy atom. The average molecular weight is 281 g/mol. The van der Waals surface area contributed by atoms with Gasteiger partial charge in [0.2, 0.25) is 0 Å². The van der Waals surface area contributed by atoms with E-state index in [1.165, 1.54) is 25.3 Å². The molecule has 0 amide bonds. The Morgan fingerprint density at radius 1 is 1.35 bits per heavy atom. The molecule has 2 rings (SSSR count).